The van der Waals surface area contributed by atoms with Gasteiger partial charge >= 0.3 is 5.97 Å². The maximum absolute atomic E-state index is 12.1. The lowest BCUT2D eigenvalue weighted by Crippen LogP contribution is -2.41. The molecule has 6 atom stereocenters. The van der Waals surface area contributed by atoms with Crippen LogP contribution in [0, 0.1) is 5.92 Å². The summed E-state index contributed by atoms with van der Waals surface area (Å²) in [5.74, 6) is -0.958. The van der Waals surface area contributed by atoms with Crippen molar-refractivity contribution >= 4 is 5.97 Å². The van der Waals surface area contributed by atoms with Crippen LogP contribution in [-0.4, -0.2) is 41.8 Å². The van der Waals surface area contributed by atoms with Crippen molar-refractivity contribution in [3.05, 3.63) is 11.1 Å². The summed E-state index contributed by atoms with van der Waals surface area (Å²) in [5, 5.41) is 0. The Hall–Kier alpha value is -0.910. The summed E-state index contributed by atoms with van der Waals surface area (Å²) >= 11 is 0. The molecule has 0 bridgehead atoms. The maximum atomic E-state index is 12.1. The Labute approximate surface area is 123 Å². The fourth-order valence-electron chi connectivity index (χ4n) is 5.54. The molecular weight excluding hydrogens is 272 g/mol. The highest BCUT2D eigenvalue weighted by molar-refractivity contribution is 5.92. The van der Waals surface area contributed by atoms with Gasteiger partial charge in [0.05, 0.1) is 6.10 Å². The Morgan fingerprint density at radius 3 is 2.81 bits per heavy atom. The molecule has 2 spiro atoms. The standard InChI is InChI=1S/C16H20O5/c1-8-5-14(18-4)10(9(2)12(17)20-14)6-15-13(3,21-15)7-11-16(8,15)19-11/h8,11H,5-7H2,1-4H3/t8-,11+,13-,14-,15-,16+/m1/s1. The van der Waals surface area contributed by atoms with Crippen molar-refractivity contribution in [2.24, 2.45) is 5.92 Å². The number of ether oxygens (including phenoxy) is 4. The van der Waals surface area contributed by atoms with Crippen LogP contribution in [0.15, 0.2) is 11.1 Å². The number of epoxide rings is 2. The van der Waals surface area contributed by atoms with Crippen molar-refractivity contribution in [1.82, 2.24) is 0 Å². The second-order valence-electron chi connectivity index (χ2n) is 7.50. The first-order valence-corrected chi connectivity index (χ1v) is 7.71. The molecule has 0 radical (unpaired) electrons. The molecule has 2 aliphatic carbocycles. The van der Waals surface area contributed by atoms with Crippen LogP contribution in [0.4, 0.5) is 0 Å². The van der Waals surface area contributed by atoms with E-state index in [2.05, 4.69) is 13.8 Å². The third kappa shape index (κ3) is 1.04. The molecule has 5 rings (SSSR count). The van der Waals surface area contributed by atoms with E-state index in [0.29, 0.717) is 18.4 Å². The number of rotatable bonds is 1. The van der Waals surface area contributed by atoms with E-state index in [1.54, 1.807) is 7.11 Å². The quantitative estimate of drug-likeness (QED) is 0.544. The summed E-state index contributed by atoms with van der Waals surface area (Å²) in [4.78, 5) is 12.1. The summed E-state index contributed by atoms with van der Waals surface area (Å²) in [7, 11) is 1.62. The largest absolute Gasteiger partial charge is 0.426 e. The minimum absolute atomic E-state index is 0.118. The minimum atomic E-state index is -0.919. The molecule has 4 fully saturated rings. The lowest BCUT2D eigenvalue weighted by molar-refractivity contribution is -0.198. The molecule has 2 saturated carbocycles. The summed E-state index contributed by atoms with van der Waals surface area (Å²) in [6, 6.07) is 0. The van der Waals surface area contributed by atoms with Crippen LogP contribution < -0.4 is 0 Å². The molecule has 0 aromatic heterocycles. The van der Waals surface area contributed by atoms with Gasteiger partial charge in [-0.15, -0.1) is 0 Å². The van der Waals surface area contributed by atoms with Crippen molar-refractivity contribution in [2.45, 2.75) is 68.7 Å². The molecule has 3 heterocycles. The Bertz CT molecular complexity index is 626. The Balaban J connectivity index is 1.70. The van der Waals surface area contributed by atoms with E-state index in [1.807, 2.05) is 6.92 Å². The maximum Gasteiger partial charge on any atom is 0.336 e. The molecule has 0 aromatic carbocycles. The third-order valence-corrected chi connectivity index (χ3v) is 6.72. The van der Waals surface area contributed by atoms with Gasteiger partial charge in [-0.05, 0) is 19.8 Å². The van der Waals surface area contributed by atoms with E-state index in [0.717, 1.165) is 12.0 Å². The average Bonchev–Trinajstić information content (AvgIpc) is 3.26. The van der Waals surface area contributed by atoms with Crippen LogP contribution >= 0.6 is 0 Å². The van der Waals surface area contributed by atoms with Crippen LogP contribution in [0.1, 0.15) is 40.0 Å². The van der Waals surface area contributed by atoms with Gasteiger partial charge in [0.25, 0.3) is 0 Å². The van der Waals surface area contributed by atoms with Gasteiger partial charge in [-0.25, -0.2) is 4.79 Å². The molecule has 2 saturated heterocycles. The number of fused-ring (bicyclic) bond motifs is 1. The minimum Gasteiger partial charge on any atom is -0.426 e. The van der Waals surface area contributed by atoms with E-state index in [9.17, 15) is 4.79 Å². The number of carbonyl (C=O) groups is 1. The predicted molar refractivity (Wildman–Crippen MR) is 71.4 cm³/mol. The summed E-state index contributed by atoms with van der Waals surface area (Å²) in [6.07, 6.45) is 2.56. The monoisotopic (exact) mass is 292 g/mol. The molecular formula is C16H20O5. The molecule has 21 heavy (non-hydrogen) atoms. The molecule has 5 aliphatic rings. The second kappa shape index (κ2) is 3.07. The first-order valence-electron chi connectivity index (χ1n) is 7.71. The van der Waals surface area contributed by atoms with E-state index < -0.39 is 5.79 Å². The Morgan fingerprint density at radius 2 is 2.10 bits per heavy atom. The van der Waals surface area contributed by atoms with Gasteiger partial charge in [0, 0.05) is 37.5 Å². The van der Waals surface area contributed by atoms with Gasteiger partial charge in [-0.3, -0.25) is 0 Å². The van der Waals surface area contributed by atoms with Crippen molar-refractivity contribution in [3.63, 3.8) is 0 Å². The SMILES string of the molecule is CO[C@@]12C[C@@H](C)[C@]34O[C@H]3C[C@@]3(C)O[C@@]43CC1=C(C)C(=O)O2. The highest BCUT2D eigenvalue weighted by atomic mass is 16.7. The number of hydrogen-bond acceptors (Lipinski definition) is 5. The van der Waals surface area contributed by atoms with Gasteiger partial charge in [0.2, 0.25) is 5.79 Å². The number of carbonyl (C=O) groups excluding carboxylic acids is 1. The van der Waals surface area contributed by atoms with Crippen LogP contribution in [0.3, 0.4) is 0 Å². The fraction of sp³-hybridized carbons (Fsp3) is 0.812. The van der Waals surface area contributed by atoms with Crippen LogP contribution in [0.2, 0.25) is 0 Å². The average molecular weight is 292 g/mol. The number of methoxy groups -OCH3 is 1. The Morgan fingerprint density at radius 1 is 1.33 bits per heavy atom. The van der Waals surface area contributed by atoms with Crippen molar-refractivity contribution in [3.8, 4) is 0 Å². The van der Waals surface area contributed by atoms with Crippen molar-refractivity contribution in [1.29, 1.82) is 0 Å². The lowest BCUT2D eigenvalue weighted by Gasteiger charge is -2.30. The van der Waals surface area contributed by atoms with Crippen LogP contribution in [-0.2, 0) is 23.7 Å². The third-order valence-electron chi connectivity index (χ3n) is 6.72. The summed E-state index contributed by atoms with van der Waals surface area (Å²) in [5.41, 5.74) is 1.01. The van der Waals surface area contributed by atoms with E-state index in [1.165, 1.54) is 0 Å². The highest BCUT2D eigenvalue weighted by Gasteiger charge is 2.93. The van der Waals surface area contributed by atoms with Crippen LogP contribution in [0.5, 0.6) is 0 Å². The van der Waals surface area contributed by atoms with E-state index >= 15 is 0 Å². The van der Waals surface area contributed by atoms with Gasteiger partial charge in [-0.1, -0.05) is 6.92 Å². The molecule has 0 unspecified atom stereocenters. The molecule has 3 aliphatic heterocycles. The summed E-state index contributed by atoms with van der Waals surface area (Å²) in [6.45, 7) is 6.17. The molecule has 0 aromatic rings. The molecule has 5 heteroatoms. The summed E-state index contributed by atoms with van der Waals surface area (Å²) < 4.78 is 23.7. The predicted octanol–water partition coefficient (Wildman–Crippen LogP) is 1.70. The number of hydrogen-bond donors (Lipinski definition) is 0. The van der Waals surface area contributed by atoms with Gasteiger partial charge < -0.3 is 18.9 Å². The van der Waals surface area contributed by atoms with Gasteiger partial charge in [0.1, 0.15) is 16.8 Å². The van der Waals surface area contributed by atoms with E-state index in [-0.39, 0.29) is 34.8 Å². The second-order valence-corrected chi connectivity index (χ2v) is 7.50. The zero-order chi connectivity index (χ0) is 14.8. The van der Waals surface area contributed by atoms with Gasteiger partial charge in [-0.2, -0.15) is 0 Å². The normalized spacial score (nSPS) is 59.7. The topological polar surface area (TPSA) is 60.6 Å². The van der Waals surface area contributed by atoms with Crippen molar-refractivity contribution in [2.75, 3.05) is 7.11 Å². The molecule has 0 N–H and O–H groups in total. The zero-order valence-corrected chi connectivity index (χ0v) is 12.8. The molecule has 0 amide bonds. The van der Waals surface area contributed by atoms with Crippen LogP contribution in [0.25, 0.3) is 0 Å². The smallest absolute Gasteiger partial charge is 0.336 e. The molecule has 5 nitrogen and oxygen atoms in total. The number of esters is 1. The van der Waals surface area contributed by atoms with Gasteiger partial charge in [0.15, 0.2) is 0 Å². The first-order chi connectivity index (χ1) is 9.84. The van der Waals surface area contributed by atoms with E-state index in [4.69, 9.17) is 18.9 Å². The highest BCUT2D eigenvalue weighted by Crippen LogP contribution is 2.79. The lowest BCUT2D eigenvalue weighted by atomic mass is 9.78. The Kier molecular flexibility index (Phi) is 1.85. The fourth-order valence-corrected chi connectivity index (χ4v) is 5.54. The zero-order valence-electron chi connectivity index (χ0n) is 12.8. The van der Waals surface area contributed by atoms with Crippen molar-refractivity contribution < 1.29 is 23.7 Å². The molecule has 114 valence electrons. The first kappa shape index (κ1) is 12.6.